The summed E-state index contributed by atoms with van der Waals surface area (Å²) < 4.78 is 41.7. The molecule has 1 aromatic rings. The first-order valence-corrected chi connectivity index (χ1v) is 6.63. The van der Waals surface area contributed by atoms with Gasteiger partial charge in [-0.2, -0.15) is 18.3 Å². The largest absolute Gasteiger partial charge is 0.411 e. The van der Waals surface area contributed by atoms with Gasteiger partial charge in [0.1, 0.15) is 13.2 Å². The lowest BCUT2D eigenvalue weighted by Crippen LogP contribution is -2.29. The number of hydrogen-bond acceptors (Lipinski definition) is 4. The number of carbonyl (C=O) groups is 1. The van der Waals surface area contributed by atoms with E-state index in [-0.39, 0.29) is 6.04 Å². The predicted octanol–water partition coefficient (Wildman–Crippen LogP) is 1.32. The minimum absolute atomic E-state index is 0.276. The van der Waals surface area contributed by atoms with Crippen molar-refractivity contribution >= 4 is 11.6 Å². The molecular formula is C12H17F3N4O2. The van der Waals surface area contributed by atoms with Gasteiger partial charge in [0, 0.05) is 6.20 Å². The van der Waals surface area contributed by atoms with E-state index in [1.165, 1.54) is 6.20 Å². The highest BCUT2D eigenvalue weighted by Crippen LogP contribution is 2.19. The summed E-state index contributed by atoms with van der Waals surface area (Å²) in [5.74, 6) is -0.635. The highest BCUT2D eigenvalue weighted by Gasteiger charge is 2.27. The Morgan fingerprint density at radius 3 is 2.86 bits per heavy atom. The van der Waals surface area contributed by atoms with Crippen LogP contribution in [0.2, 0.25) is 0 Å². The van der Waals surface area contributed by atoms with Crippen molar-refractivity contribution in [1.29, 1.82) is 0 Å². The Morgan fingerprint density at radius 1 is 1.48 bits per heavy atom. The fraction of sp³-hybridized carbons (Fsp3) is 0.667. The number of anilines is 1. The summed E-state index contributed by atoms with van der Waals surface area (Å²) in [6.07, 6.45) is 0.620. The molecule has 0 spiro atoms. The normalized spacial score (nSPS) is 16.9. The zero-order valence-electron chi connectivity index (χ0n) is 11.3. The quantitative estimate of drug-likeness (QED) is 0.861. The van der Waals surface area contributed by atoms with E-state index in [4.69, 9.17) is 0 Å². The van der Waals surface area contributed by atoms with Crippen molar-refractivity contribution in [2.45, 2.75) is 25.1 Å². The van der Waals surface area contributed by atoms with E-state index in [0.717, 1.165) is 25.9 Å². The minimum Gasteiger partial charge on any atom is -0.362 e. The predicted molar refractivity (Wildman–Crippen MR) is 68.9 cm³/mol. The second kappa shape index (κ2) is 6.90. The van der Waals surface area contributed by atoms with Crippen LogP contribution in [0.1, 0.15) is 18.9 Å². The molecule has 0 aliphatic carbocycles. The highest BCUT2D eigenvalue weighted by molar-refractivity contribution is 5.91. The Bertz CT molecular complexity index is 469. The first-order chi connectivity index (χ1) is 9.94. The van der Waals surface area contributed by atoms with E-state index in [1.54, 1.807) is 10.9 Å². The molecule has 0 unspecified atom stereocenters. The highest BCUT2D eigenvalue weighted by atomic mass is 19.4. The number of nitrogens with zero attached hydrogens (tertiary/aromatic N) is 2. The molecule has 0 radical (unpaired) electrons. The van der Waals surface area contributed by atoms with Crippen molar-refractivity contribution in [2.24, 2.45) is 0 Å². The van der Waals surface area contributed by atoms with E-state index in [2.05, 4.69) is 20.5 Å². The van der Waals surface area contributed by atoms with Crippen LogP contribution in [0.15, 0.2) is 12.4 Å². The Kier molecular flexibility index (Phi) is 5.18. The number of piperidine rings is 1. The summed E-state index contributed by atoms with van der Waals surface area (Å²) in [7, 11) is 0. The summed E-state index contributed by atoms with van der Waals surface area (Å²) in [5.41, 5.74) is 0.453. The molecule has 1 saturated heterocycles. The van der Waals surface area contributed by atoms with Crippen LogP contribution in [0.5, 0.6) is 0 Å². The molecule has 0 atom stereocenters. The minimum atomic E-state index is -4.43. The molecule has 2 heterocycles. The molecule has 1 aliphatic rings. The van der Waals surface area contributed by atoms with Crippen LogP contribution in [0, 0.1) is 0 Å². The Labute approximate surface area is 119 Å². The second-order valence-corrected chi connectivity index (χ2v) is 4.85. The lowest BCUT2D eigenvalue weighted by atomic mass is 10.1. The number of amides is 1. The molecule has 1 amide bonds. The topological polar surface area (TPSA) is 68.2 Å². The van der Waals surface area contributed by atoms with Gasteiger partial charge in [-0.05, 0) is 25.9 Å². The lowest BCUT2D eigenvalue weighted by Gasteiger charge is -2.22. The van der Waals surface area contributed by atoms with Crippen LogP contribution in [0.4, 0.5) is 18.9 Å². The van der Waals surface area contributed by atoms with Crippen LogP contribution < -0.4 is 10.6 Å². The number of carbonyl (C=O) groups excluding carboxylic acids is 1. The van der Waals surface area contributed by atoms with Gasteiger partial charge in [-0.25, -0.2) is 0 Å². The van der Waals surface area contributed by atoms with Crippen LogP contribution in [-0.2, 0) is 9.53 Å². The zero-order valence-corrected chi connectivity index (χ0v) is 11.3. The van der Waals surface area contributed by atoms with Crippen molar-refractivity contribution in [1.82, 2.24) is 15.1 Å². The fourth-order valence-corrected chi connectivity index (χ4v) is 2.13. The number of hydrogen-bond donors (Lipinski definition) is 2. The maximum Gasteiger partial charge on any atom is 0.411 e. The molecule has 2 rings (SSSR count). The molecule has 118 valence electrons. The van der Waals surface area contributed by atoms with Crippen LogP contribution in [-0.4, -0.2) is 48.2 Å². The summed E-state index contributed by atoms with van der Waals surface area (Å²) in [4.78, 5) is 11.4. The molecule has 9 heteroatoms. The number of alkyl halides is 3. The second-order valence-electron chi connectivity index (χ2n) is 4.85. The molecule has 0 saturated carbocycles. The molecular weight excluding hydrogens is 289 g/mol. The van der Waals surface area contributed by atoms with Crippen LogP contribution in [0.3, 0.4) is 0 Å². The maximum atomic E-state index is 11.9. The van der Waals surface area contributed by atoms with Gasteiger partial charge in [0.2, 0.25) is 5.91 Å². The van der Waals surface area contributed by atoms with Crippen LogP contribution >= 0.6 is 0 Å². The number of ether oxygens (including phenoxy) is 1. The average Bonchev–Trinajstić information content (AvgIpc) is 2.86. The van der Waals surface area contributed by atoms with Gasteiger partial charge >= 0.3 is 6.18 Å². The van der Waals surface area contributed by atoms with Crippen molar-refractivity contribution in [2.75, 3.05) is 31.6 Å². The summed E-state index contributed by atoms with van der Waals surface area (Å²) in [6.45, 7) is -0.248. The van der Waals surface area contributed by atoms with Gasteiger partial charge < -0.3 is 15.4 Å². The van der Waals surface area contributed by atoms with E-state index in [0.29, 0.717) is 5.69 Å². The monoisotopic (exact) mass is 306 g/mol. The van der Waals surface area contributed by atoms with Crippen molar-refractivity contribution in [3.63, 3.8) is 0 Å². The average molecular weight is 306 g/mol. The van der Waals surface area contributed by atoms with E-state index < -0.39 is 25.3 Å². The Morgan fingerprint density at radius 2 is 2.19 bits per heavy atom. The number of rotatable bonds is 5. The number of halogens is 3. The zero-order chi connectivity index (χ0) is 15.3. The molecule has 2 N–H and O–H groups in total. The van der Waals surface area contributed by atoms with Gasteiger partial charge in [-0.1, -0.05) is 0 Å². The van der Waals surface area contributed by atoms with Gasteiger partial charge in [0.05, 0.1) is 17.9 Å². The van der Waals surface area contributed by atoms with E-state index >= 15 is 0 Å². The number of aromatic nitrogens is 2. The SMILES string of the molecule is O=C(COCC(F)(F)F)Nc1cnn(C2CCNCC2)c1. The van der Waals surface area contributed by atoms with Gasteiger partial charge in [0.15, 0.2) is 0 Å². The van der Waals surface area contributed by atoms with E-state index in [1.807, 2.05) is 0 Å². The standard InChI is InChI=1S/C12H17F3N4O2/c13-12(14,15)8-21-7-11(20)18-9-5-17-19(6-9)10-1-3-16-4-2-10/h5-6,10,16H,1-4,7-8H2,(H,18,20). The molecule has 1 aromatic heterocycles. The van der Waals surface area contributed by atoms with E-state index in [9.17, 15) is 18.0 Å². The van der Waals surface area contributed by atoms with Gasteiger partial charge in [-0.3, -0.25) is 9.48 Å². The molecule has 6 nitrogen and oxygen atoms in total. The summed E-state index contributed by atoms with van der Waals surface area (Å²) in [6, 6.07) is 0.276. The third kappa shape index (κ3) is 5.35. The van der Waals surface area contributed by atoms with Crippen molar-refractivity contribution < 1.29 is 22.7 Å². The summed E-state index contributed by atoms with van der Waals surface area (Å²) >= 11 is 0. The third-order valence-corrected chi connectivity index (χ3v) is 3.07. The fourth-order valence-electron chi connectivity index (χ4n) is 2.13. The molecule has 1 fully saturated rings. The Balaban J connectivity index is 1.77. The number of nitrogens with one attached hydrogen (secondary N) is 2. The first-order valence-electron chi connectivity index (χ1n) is 6.63. The summed E-state index contributed by atoms with van der Waals surface area (Å²) in [5, 5.41) is 9.86. The van der Waals surface area contributed by atoms with Gasteiger partial charge in [-0.15, -0.1) is 0 Å². The van der Waals surface area contributed by atoms with Crippen LogP contribution in [0.25, 0.3) is 0 Å². The molecule has 0 aromatic carbocycles. The van der Waals surface area contributed by atoms with Crippen molar-refractivity contribution in [3.8, 4) is 0 Å². The first kappa shape index (κ1) is 15.8. The lowest BCUT2D eigenvalue weighted by molar-refractivity contribution is -0.174. The van der Waals surface area contributed by atoms with Crippen molar-refractivity contribution in [3.05, 3.63) is 12.4 Å². The maximum absolute atomic E-state index is 11.9. The Hall–Kier alpha value is -1.61. The third-order valence-electron chi connectivity index (χ3n) is 3.07. The molecule has 1 aliphatic heterocycles. The molecule has 0 bridgehead atoms. The molecule has 21 heavy (non-hydrogen) atoms. The smallest absolute Gasteiger partial charge is 0.362 e. The van der Waals surface area contributed by atoms with Gasteiger partial charge in [0.25, 0.3) is 0 Å².